The van der Waals surface area contributed by atoms with Crippen LogP contribution in [0, 0.1) is 0 Å². The van der Waals surface area contributed by atoms with Crippen LogP contribution in [0.5, 0.6) is 0 Å². The van der Waals surface area contributed by atoms with Crippen LogP contribution in [0.15, 0.2) is 24.7 Å². The molecule has 16 heavy (non-hydrogen) atoms. The van der Waals surface area contributed by atoms with Crippen LogP contribution in [-0.4, -0.2) is 26.2 Å². The van der Waals surface area contributed by atoms with Gasteiger partial charge in [-0.05, 0) is 32.9 Å². The fourth-order valence-corrected chi connectivity index (χ4v) is 1.31. The van der Waals surface area contributed by atoms with Gasteiger partial charge in [0.25, 0.3) is 0 Å². The molecular formula is C11H13N3O2. The largest absolute Gasteiger partial charge is 0.443 e. The molecule has 0 aliphatic carbocycles. The van der Waals surface area contributed by atoms with E-state index in [9.17, 15) is 4.79 Å². The fraction of sp³-hybridized carbons (Fsp3) is 0.364. The Morgan fingerprint density at radius 2 is 2.12 bits per heavy atom. The molecule has 0 aromatic carbocycles. The van der Waals surface area contributed by atoms with E-state index in [1.807, 2.05) is 20.8 Å². The molecule has 0 N–H and O–H groups in total. The van der Waals surface area contributed by atoms with Gasteiger partial charge >= 0.3 is 6.09 Å². The van der Waals surface area contributed by atoms with Crippen LogP contribution in [0.25, 0.3) is 11.2 Å². The Labute approximate surface area is 93.1 Å². The molecule has 5 nitrogen and oxygen atoms in total. The molecule has 0 aliphatic heterocycles. The molecular weight excluding hydrogens is 206 g/mol. The van der Waals surface area contributed by atoms with E-state index in [1.54, 1.807) is 18.3 Å². The molecule has 0 spiro atoms. The summed E-state index contributed by atoms with van der Waals surface area (Å²) >= 11 is 0. The highest BCUT2D eigenvalue weighted by Gasteiger charge is 2.19. The summed E-state index contributed by atoms with van der Waals surface area (Å²) in [4.78, 5) is 19.9. The molecule has 0 radical (unpaired) electrons. The fourth-order valence-electron chi connectivity index (χ4n) is 1.31. The maximum absolute atomic E-state index is 11.8. The Hall–Kier alpha value is -1.91. The Morgan fingerprint density at radius 3 is 2.81 bits per heavy atom. The maximum atomic E-state index is 11.8. The van der Waals surface area contributed by atoms with Crippen molar-refractivity contribution in [2.75, 3.05) is 0 Å². The van der Waals surface area contributed by atoms with Crippen LogP contribution >= 0.6 is 0 Å². The molecule has 0 bridgehead atoms. The quantitative estimate of drug-likeness (QED) is 0.681. The van der Waals surface area contributed by atoms with Crippen LogP contribution in [0.2, 0.25) is 0 Å². The van der Waals surface area contributed by atoms with E-state index in [0.717, 1.165) is 0 Å². The summed E-state index contributed by atoms with van der Waals surface area (Å²) in [6, 6.07) is 3.53. The van der Waals surface area contributed by atoms with Gasteiger partial charge in [-0.2, -0.15) is 0 Å². The molecule has 2 rings (SSSR count). The molecule has 0 saturated heterocycles. The van der Waals surface area contributed by atoms with Crippen molar-refractivity contribution < 1.29 is 9.53 Å². The predicted octanol–water partition coefficient (Wildman–Crippen LogP) is 2.21. The average molecular weight is 219 g/mol. The van der Waals surface area contributed by atoms with Gasteiger partial charge in [-0.15, -0.1) is 0 Å². The molecule has 84 valence electrons. The van der Waals surface area contributed by atoms with Gasteiger partial charge in [0.15, 0.2) is 5.65 Å². The minimum atomic E-state index is -0.518. The van der Waals surface area contributed by atoms with E-state index in [-0.39, 0.29) is 0 Å². The second-order valence-electron chi connectivity index (χ2n) is 4.44. The first-order valence-electron chi connectivity index (χ1n) is 4.99. The Kier molecular flexibility index (Phi) is 2.38. The highest BCUT2D eigenvalue weighted by Crippen LogP contribution is 2.13. The standard InChI is InChI=1S/C11H13N3O2/c1-11(2,3)16-10(15)14-7-13-9-8(14)5-4-6-12-9/h4-7H,1-3H3. The van der Waals surface area contributed by atoms with Gasteiger partial charge in [-0.25, -0.2) is 19.3 Å². The summed E-state index contributed by atoms with van der Waals surface area (Å²) in [5, 5.41) is 0. The molecule has 0 amide bonds. The predicted molar refractivity (Wildman–Crippen MR) is 59.2 cm³/mol. The number of fused-ring (bicyclic) bond motifs is 1. The summed E-state index contributed by atoms with van der Waals surface area (Å²) in [6.45, 7) is 5.47. The highest BCUT2D eigenvalue weighted by molar-refractivity contribution is 5.84. The van der Waals surface area contributed by atoms with Crippen molar-refractivity contribution in [3.05, 3.63) is 24.7 Å². The summed E-state index contributed by atoms with van der Waals surface area (Å²) in [7, 11) is 0. The zero-order chi connectivity index (χ0) is 11.8. The van der Waals surface area contributed by atoms with Crippen LogP contribution in [-0.2, 0) is 4.74 Å². The third-order valence-electron chi connectivity index (χ3n) is 1.91. The van der Waals surface area contributed by atoms with Gasteiger partial charge in [0, 0.05) is 6.20 Å². The van der Waals surface area contributed by atoms with E-state index in [0.29, 0.717) is 11.2 Å². The van der Waals surface area contributed by atoms with Crippen molar-refractivity contribution in [3.8, 4) is 0 Å². The minimum Gasteiger partial charge on any atom is -0.443 e. The average Bonchev–Trinajstić information content (AvgIpc) is 2.58. The maximum Gasteiger partial charge on any atom is 0.420 e. The summed E-state index contributed by atoms with van der Waals surface area (Å²) < 4.78 is 6.60. The monoisotopic (exact) mass is 219 g/mol. The molecule has 0 saturated carbocycles. The second kappa shape index (κ2) is 3.59. The number of ether oxygens (including phenoxy) is 1. The van der Waals surface area contributed by atoms with Crippen molar-refractivity contribution in [1.29, 1.82) is 0 Å². The number of rotatable bonds is 0. The Balaban J connectivity index is 2.37. The molecule has 0 aliphatic rings. The first-order chi connectivity index (χ1) is 7.47. The molecule has 2 aromatic heterocycles. The summed E-state index contributed by atoms with van der Waals surface area (Å²) in [6.07, 6.45) is 2.61. The Morgan fingerprint density at radius 1 is 1.38 bits per heavy atom. The van der Waals surface area contributed by atoms with E-state index >= 15 is 0 Å². The number of carbonyl (C=O) groups is 1. The number of carbonyl (C=O) groups excluding carboxylic acids is 1. The van der Waals surface area contributed by atoms with Crippen molar-refractivity contribution in [1.82, 2.24) is 14.5 Å². The summed E-state index contributed by atoms with van der Waals surface area (Å²) in [5.41, 5.74) is 0.667. The highest BCUT2D eigenvalue weighted by atomic mass is 16.6. The number of pyridine rings is 1. The number of hydrogen-bond acceptors (Lipinski definition) is 4. The van der Waals surface area contributed by atoms with E-state index in [2.05, 4.69) is 9.97 Å². The van der Waals surface area contributed by atoms with Gasteiger partial charge in [-0.3, -0.25) is 0 Å². The van der Waals surface area contributed by atoms with E-state index in [1.165, 1.54) is 10.9 Å². The van der Waals surface area contributed by atoms with Gasteiger partial charge < -0.3 is 4.74 Å². The van der Waals surface area contributed by atoms with Crippen molar-refractivity contribution in [2.45, 2.75) is 26.4 Å². The molecule has 0 fully saturated rings. The van der Waals surface area contributed by atoms with E-state index in [4.69, 9.17) is 4.74 Å². The number of nitrogens with zero attached hydrogens (tertiary/aromatic N) is 3. The van der Waals surface area contributed by atoms with Gasteiger partial charge in [0.05, 0.1) is 5.52 Å². The third kappa shape index (κ3) is 2.03. The van der Waals surface area contributed by atoms with Gasteiger partial charge in [0.1, 0.15) is 11.9 Å². The van der Waals surface area contributed by atoms with Gasteiger partial charge in [-0.1, -0.05) is 0 Å². The SMILES string of the molecule is CC(C)(C)OC(=O)n1cnc2ncccc21. The summed E-state index contributed by atoms with van der Waals surface area (Å²) in [5.74, 6) is 0. The van der Waals surface area contributed by atoms with Crippen molar-refractivity contribution in [2.24, 2.45) is 0 Å². The second-order valence-corrected chi connectivity index (χ2v) is 4.44. The van der Waals surface area contributed by atoms with Crippen LogP contribution in [0.4, 0.5) is 4.79 Å². The number of imidazole rings is 1. The lowest BCUT2D eigenvalue weighted by atomic mass is 10.2. The van der Waals surface area contributed by atoms with Crippen molar-refractivity contribution >= 4 is 17.3 Å². The lowest BCUT2D eigenvalue weighted by Crippen LogP contribution is -2.26. The van der Waals surface area contributed by atoms with Crippen molar-refractivity contribution in [3.63, 3.8) is 0 Å². The lowest BCUT2D eigenvalue weighted by molar-refractivity contribution is 0.0543. The first kappa shape index (κ1) is 10.6. The normalized spacial score (nSPS) is 11.7. The van der Waals surface area contributed by atoms with Crippen LogP contribution in [0.1, 0.15) is 20.8 Å². The van der Waals surface area contributed by atoms with Crippen LogP contribution < -0.4 is 0 Å². The van der Waals surface area contributed by atoms with Crippen LogP contribution in [0.3, 0.4) is 0 Å². The zero-order valence-electron chi connectivity index (χ0n) is 9.47. The molecule has 2 heterocycles. The topological polar surface area (TPSA) is 57.0 Å². The van der Waals surface area contributed by atoms with Gasteiger partial charge in [0.2, 0.25) is 0 Å². The smallest absolute Gasteiger partial charge is 0.420 e. The minimum absolute atomic E-state index is 0.442. The molecule has 2 aromatic rings. The lowest BCUT2D eigenvalue weighted by Gasteiger charge is -2.19. The molecule has 0 unspecified atom stereocenters. The Bertz CT molecular complexity index is 525. The number of hydrogen-bond donors (Lipinski definition) is 0. The van der Waals surface area contributed by atoms with E-state index < -0.39 is 11.7 Å². The zero-order valence-corrected chi connectivity index (χ0v) is 9.47. The molecule has 0 atom stereocenters. The number of aromatic nitrogens is 3. The third-order valence-corrected chi connectivity index (χ3v) is 1.91. The first-order valence-corrected chi connectivity index (χ1v) is 4.99. The molecule has 5 heteroatoms.